The molecule has 21 heavy (non-hydrogen) atoms. The molecule has 1 heterocycles. The van der Waals surface area contributed by atoms with Gasteiger partial charge in [-0.1, -0.05) is 18.6 Å². The summed E-state index contributed by atoms with van der Waals surface area (Å²) in [7, 11) is 0. The Balaban J connectivity index is 1.87. The maximum Gasteiger partial charge on any atom is 0.416 e. The summed E-state index contributed by atoms with van der Waals surface area (Å²) in [5.41, 5.74) is 6.66. The summed E-state index contributed by atoms with van der Waals surface area (Å²) in [5.74, 6) is 0. The van der Waals surface area contributed by atoms with Gasteiger partial charge in [0.25, 0.3) is 0 Å². The van der Waals surface area contributed by atoms with Crippen LogP contribution in [0.15, 0.2) is 24.3 Å². The number of hydrogen-bond acceptors (Lipinski definition) is 2. The first-order valence-electron chi connectivity index (χ1n) is 7.65. The second-order valence-corrected chi connectivity index (χ2v) is 6.19. The average molecular weight is 298 g/mol. The molecule has 2 aliphatic rings. The number of hydrogen-bond donors (Lipinski definition) is 1. The standard InChI is InChI=1S/C16H21F3N2/c17-16(18,19)12-6-4-11(5-7-12)15-14(20)3-1-2-10-21(15)13-8-9-13/h4-7,13-15H,1-3,8-10,20H2. The van der Waals surface area contributed by atoms with E-state index in [0.717, 1.165) is 31.4 Å². The number of benzene rings is 1. The van der Waals surface area contributed by atoms with Crippen LogP contribution in [0.25, 0.3) is 0 Å². The SMILES string of the molecule is NC1CCCCN(C2CC2)C1c1ccc(C(F)(F)F)cc1. The highest BCUT2D eigenvalue weighted by Gasteiger charge is 2.38. The summed E-state index contributed by atoms with van der Waals surface area (Å²) in [4.78, 5) is 2.42. The Kier molecular flexibility index (Phi) is 3.97. The van der Waals surface area contributed by atoms with E-state index >= 15 is 0 Å². The highest BCUT2D eigenvalue weighted by atomic mass is 19.4. The predicted octanol–water partition coefficient (Wildman–Crippen LogP) is 3.72. The highest BCUT2D eigenvalue weighted by Crippen LogP contribution is 2.39. The van der Waals surface area contributed by atoms with Gasteiger partial charge in [0.1, 0.15) is 0 Å². The summed E-state index contributed by atoms with van der Waals surface area (Å²) in [5, 5.41) is 0. The van der Waals surface area contributed by atoms with Crippen molar-refractivity contribution in [1.29, 1.82) is 0 Å². The van der Waals surface area contributed by atoms with E-state index in [-0.39, 0.29) is 12.1 Å². The zero-order valence-electron chi connectivity index (χ0n) is 11.9. The number of nitrogens with two attached hydrogens (primary N) is 1. The summed E-state index contributed by atoms with van der Waals surface area (Å²) in [6, 6.07) is 6.20. The van der Waals surface area contributed by atoms with Gasteiger partial charge in [0, 0.05) is 12.1 Å². The van der Waals surface area contributed by atoms with Crippen LogP contribution in [0.4, 0.5) is 13.2 Å². The van der Waals surface area contributed by atoms with E-state index in [1.54, 1.807) is 12.1 Å². The molecule has 1 aromatic rings. The van der Waals surface area contributed by atoms with Crippen molar-refractivity contribution in [3.63, 3.8) is 0 Å². The van der Waals surface area contributed by atoms with Crippen LogP contribution in [0.1, 0.15) is 49.3 Å². The van der Waals surface area contributed by atoms with Crippen LogP contribution >= 0.6 is 0 Å². The van der Waals surface area contributed by atoms with Crippen LogP contribution in [0, 0.1) is 0 Å². The number of alkyl halides is 3. The molecule has 1 aliphatic carbocycles. The minimum absolute atomic E-state index is 0.00448. The Morgan fingerprint density at radius 1 is 1.00 bits per heavy atom. The third-order valence-electron chi connectivity index (χ3n) is 4.56. The summed E-state index contributed by atoms with van der Waals surface area (Å²) < 4.78 is 38.0. The van der Waals surface area contributed by atoms with E-state index in [1.807, 2.05) is 0 Å². The smallest absolute Gasteiger partial charge is 0.326 e. The molecule has 1 saturated carbocycles. The van der Waals surface area contributed by atoms with E-state index in [4.69, 9.17) is 5.73 Å². The minimum atomic E-state index is -4.28. The maximum atomic E-state index is 12.7. The second-order valence-electron chi connectivity index (χ2n) is 6.19. The van der Waals surface area contributed by atoms with Gasteiger partial charge >= 0.3 is 6.18 Å². The predicted molar refractivity (Wildman–Crippen MR) is 75.7 cm³/mol. The summed E-state index contributed by atoms with van der Waals surface area (Å²) >= 11 is 0. The molecule has 3 rings (SSSR count). The van der Waals surface area contributed by atoms with Crippen molar-refractivity contribution in [3.05, 3.63) is 35.4 Å². The number of rotatable bonds is 2. The van der Waals surface area contributed by atoms with E-state index in [9.17, 15) is 13.2 Å². The molecule has 0 spiro atoms. The number of likely N-dealkylation sites (tertiary alicyclic amines) is 1. The van der Waals surface area contributed by atoms with Crippen molar-refractivity contribution in [2.45, 2.75) is 56.4 Å². The van der Waals surface area contributed by atoms with Gasteiger partial charge in [-0.05, 0) is 49.9 Å². The van der Waals surface area contributed by atoms with Crippen LogP contribution < -0.4 is 5.73 Å². The van der Waals surface area contributed by atoms with Crippen LogP contribution in [-0.4, -0.2) is 23.5 Å². The normalized spacial score (nSPS) is 28.4. The van der Waals surface area contributed by atoms with Gasteiger partial charge in [0.05, 0.1) is 11.6 Å². The summed E-state index contributed by atoms with van der Waals surface area (Å²) in [6.07, 6.45) is 1.26. The Morgan fingerprint density at radius 3 is 2.24 bits per heavy atom. The van der Waals surface area contributed by atoms with Crippen LogP contribution in [0.3, 0.4) is 0 Å². The van der Waals surface area contributed by atoms with Crippen molar-refractivity contribution in [2.24, 2.45) is 5.73 Å². The first-order valence-corrected chi connectivity index (χ1v) is 7.65. The molecule has 0 amide bonds. The van der Waals surface area contributed by atoms with Crippen LogP contribution in [-0.2, 0) is 6.18 Å². The first kappa shape index (κ1) is 14.9. The molecule has 116 valence electrons. The molecular weight excluding hydrogens is 277 g/mol. The monoisotopic (exact) mass is 298 g/mol. The van der Waals surface area contributed by atoms with Gasteiger partial charge in [-0.25, -0.2) is 0 Å². The van der Waals surface area contributed by atoms with Crippen LogP contribution in [0.2, 0.25) is 0 Å². The van der Waals surface area contributed by atoms with Crippen molar-refractivity contribution in [2.75, 3.05) is 6.54 Å². The first-order chi connectivity index (χ1) is 9.97. The lowest BCUT2D eigenvalue weighted by Crippen LogP contribution is -2.41. The van der Waals surface area contributed by atoms with E-state index in [2.05, 4.69) is 4.90 Å². The molecule has 2 nitrogen and oxygen atoms in total. The van der Waals surface area contributed by atoms with Crippen molar-refractivity contribution < 1.29 is 13.2 Å². The molecule has 0 bridgehead atoms. The van der Waals surface area contributed by atoms with E-state index < -0.39 is 11.7 Å². The summed E-state index contributed by atoms with van der Waals surface area (Å²) in [6.45, 7) is 1.00. The molecule has 0 aromatic heterocycles. The largest absolute Gasteiger partial charge is 0.416 e. The molecule has 2 N–H and O–H groups in total. The highest BCUT2D eigenvalue weighted by molar-refractivity contribution is 5.28. The quantitative estimate of drug-likeness (QED) is 0.901. The van der Waals surface area contributed by atoms with Gasteiger partial charge in [-0.2, -0.15) is 13.2 Å². The number of halogens is 3. The van der Waals surface area contributed by atoms with Gasteiger partial charge in [-0.15, -0.1) is 0 Å². The topological polar surface area (TPSA) is 29.3 Å². The van der Waals surface area contributed by atoms with Gasteiger partial charge in [0.15, 0.2) is 0 Å². The Hall–Kier alpha value is -1.07. The third-order valence-corrected chi connectivity index (χ3v) is 4.56. The lowest BCUT2D eigenvalue weighted by Gasteiger charge is -2.34. The van der Waals surface area contributed by atoms with Crippen LogP contribution in [0.5, 0.6) is 0 Å². The lowest BCUT2D eigenvalue weighted by atomic mass is 9.95. The zero-order chi connectivity index (χ0) is 15.0. The molecule has 1 saturated heterocycles. The minimum Gasteiger partial charge on any atom is -0.326 e. The van der Waals surface area contributed by atoms with Crippen molar-refractivity contribution in [1.82, 2.24) is 4.90 Å². The lowest BCUT2D eigenvalue weighted by molar-refractivity contribution is -0.137. The fraction of sp³-hybridized carbons (Fsp3) is 0.625. The molecule has 1 aliphatic heterocycles. The molecule has 2 fully saturated rings. The van der Waals surface area contributed by atoms with Gasteiger partial charge < -0.3 is 5.73 Å². The molecule has 5 heteroatoms. The molecule has 2 unspecified atom stereocenters. The Morgan fingerprint density at radius 2 is 1.67 bits per heavy atom. The zero-order valence-corrected chi connectivity index (χ0v) is 11.9. The average Bonchev–Trinajstić information content (AvgIpc) is 3.25. The Labute approximate surface area is 123 Å². The molecular formula is C16H21F3N2. The van der Waals surface area contributed by atoms with Crippen molar-refractivity contribution >= 4 is 0 Å². The fourth-order valence-electron chi connectivity index (χ4n) is 3.34. The van der Waals surface area contributed by atoms with Gasteiger partial charge in [-0.3, -0.25) is 4.90 Å². The second kappa shape index (κ2) is 5.61. The van der Waals surface area contributed by atoms with E-state index in [0.29, 0.717) is 6.04 Å². The fourth-order valence-corrected chi connectivity index (χ4v) is 3.34. The molecule has 1 aromatic carbocycles. The van der Waals surface area contributed by atoms with Gasteiger partial charge in [0.2, 0.25) is 0 Å². The molecule has 0 radical (unpaired) electrons. The Bertz CT molecular complexity index is 479. The number of nitrogens with zero attached hydrogens (tertiary/aromatic N) is 1. The molecule has 2 atom stereocenters. The van der Waals surface area contributed by atoms with E-state index in [1.165, 1.54) is 25.0 Å². The maximum absolute atomic E-state index is 12.7. The van der Waals surface area contributed by atoms with Crippen molar-refractivity contribution in [3.8, 4) is 0 Å². The third kappa shape index (κ3) is 3.24.